The van der Waals surface area contributed by atoms with Crippen LogP contribution in [0.5, 0.6) is 6.01 Å². The van der Waals surface area contributed by atoms with E-state index in [2.05, 4.69) is 32.9 Å². The Hall–Kier alpha value is -1.96. The van der Waals surface area contributed by atoms with Crippen LogP contribution in [0, 0.1) is 3.57 Å². The lowest BCUT2D eigenvalue weighted by molar-refractivity contribution is -0.705. The largest absolute Gasteiger partial charge is 0.816 e. The van der Waals surface area contributed by atoms with Gasteiger partial charge in [0.05, 0.1) is 13.9 Å². The van der Waals surface area contributed by atoms with E-state index >= 15 is 0 Å². The van der Waals surface area contributed by atoms with Gasteiger partial charge in [0.15, 0.2) is 5.69 Å². The van der Waals surface area contributed by atoms with Crippen molar-refractivity contribution in [3.05, 3.63) is 58.2 Å². The number of nitrogens with zero attached hydrogens (tertiary/aromatic N) is 4. The fraction of sp³-hybridized carbons (Fsp3) is 0. The summed E-state index contributed by atoms with van der Waals surface area (Å²) >= 11 is 2.17. The highest BCUT2D eigenvalue weighted by Gasteiger charge is 2.16. The summed E-state index contributed by atoms with van der Waals surface area (Å²) < 4.78 is 2.25. The summed E-state index contributed by atoms with van der Waals surface area (Å²) in [5.41, 5.74) is 1.49. The highest BCUT2D eigenvalue weighted by Crippen LogP contribution is 2.12. The number of halogens is 1. The molecule has 5 nitrogen and oxygen atoms in total. The number of hydrogen-bond donors (Lipinski definition) is 0. The molecule has 3 aromatic rings. The quantitative estimate of drug-likeness (QED) is 0.508. The second kappa shape index (κ2) is 4.96. The van der Waals surface area contributed by atoms with E-state index in [1.165, 1.54) is 9.48 Å². The fourth-order valence-corrected chi connectivity index (χ4v) is 2.33. The average Bonchev–Trinajstić information content (AvgIpc) is 2.82. The van der Waals surface area contributed by atoms with E-state index in [4.69, 9.17) is 0 Å². The number of tetrazole rings is 1. The van der Waals surface area contributed by atoms with Crippen molar-refractivity contribution in [1.82, 2.24) is 15.1 Å². The number of aromatic nitrogens is 4. The SMILES string of the molecule is [O-]c1nn(-c2ccccc2)n[n+]1-c1ccccc1I. The third-order valence-corrected chi connectivity index (χ3v) is 3.52. The van der Waals surface area contributed by atoms with Gasteiger partial charge in [-0.15, -0.1) is 4.68 Å². The Kier molecular flexibility index (Phi) is 3.16. The Morgan fingerprint density at radius 2 is 1.68 bits per heavy atom. The summed E-state index contributed by atoms with van der Waals surface area (Å²) in [7, 11) is 0. The van der Waals surface area contributed by atoms with Crippen molar-refractivity contribution in [2.45, 2.75) is 0 Å². The summed E-state index contributed by atoms with van der Waals surface area (Å²) in [5.74, 6) is 0. The summed E-state index contributed by atoms with van der Waals surface area (Å²) in [4.78, 5) is 1.34. The maximum atomic E-state index is 11.9. The molecule has 0 saturated carbocycles. The standard InChI is InChI=1S/C13H9IN4O/c14-11-8-4-5-9-12(11)17-13(19)15-18(16-17)10-6-2-1-3-7-10/h1-9H. The summed E-state index contributed by atoms with van der Waals surface area (Å²) in [5, 5.41) is 20.1. The molecule has 3 rings (SSSR count). The van der Waals surface area contributed by atoms with Gasteiger partial charge in [0, 0.05) is 4.80 Å². The number of benzene rings is 2. The summed E-state index contributed by atoms with van der Waals surface area (Å²) in [6.45, 7) is 0. The van der Waals surface area contributed by atoms with Gasteiger partial charge in [-0.1, -0.05) is 30.3 Å². The van der Waals surface area contributed by atoms with Gasteiger partial charge in [-0.3, -0.25) is 0 Å². The highest BCUT2D eigenvalue weighted by atomic mass is 127. The topological polar surface area (TPSA) is 57.7 Å². The molecular weight excluding hydrogens is 355 g/mol. The second-order valence-corrected chi connectivity index (χ2v) is 5.02. The lowest BCUT2D eigenvalue weighted by Gasteiger charge is -2.00. The van der Waals surface area contributed by atoms with Crippen LogP contribution < -0.4 is 9.79 Å². The van der Waals surface area contributed by atoms with E-state index in [9.17, 15) is 5.11 Å². The normalized spacial score (nSPS) is 10.6. The first kappa shape index (κ1) is 12.1. The molecule has 0 aliphatic carbocycles. The molecule has 0 amide bonds. The Balaban J connectivity index is 2.11. The van der Waals surface area contributed by atoms with Crippen molar-refractivity contribution >= 4 is 22.6 Å². The van der Waals surface area contributed by atoms with Crippen LogP contribution in [0.1, 0.15) is 0 Å². The lowest BCUT2D eigenvalue weighted by atomic mass is 10.3. The smallest absolute Gasteiger partial charge is 0.272 e. The molecule has 2 aromatic carbocycles. The van der Waals surface area contributed by atoms with Crippen molar-refractivity contribution in [2.75, 3.05) is 0 Å². The maximum Gasteiger partial charge on any atom is 0.272 e. The van der Waals surface area contributed by atoms with Crippen molar-refractivity contribution < 1.29 is 9.79 Å². The number of rotatable bonds is 2. The van der Waals surface area contributed by atoms with E-state index in [-0.39, 0.29) is 0 Å². The minimum atomic E-state index is -0.395. The Labute approximate surface area is 123 Å². The van der Waals surface area contributed by atoms with Crippen LogP contribution in [0.2, 0.25) is 0 Å². The van der Waals surface area contributed by atoms with Gasteiger partial charge in [0.1, 0.15) is 5.69 Å². The van der Waals surface area contributed by atoms with Crippen LogP contribution in [-0.4, -0.2) is 15.1 Å². The molecule has 0 saturated heterocycles. The van der Waals surface area contributed by atoms with E-state index < -0.39 is 6.01 Å². The third kappa shape index (κ3) is 2.30. The van der Waals surface area contributed by atoms with Gasteiger partial charge in [0.25, 0.3) is 6.01 Å². The zero-order chi connectivity index (χ0) is 13.2. The van der Waals surface area contributed by atoms with Gasteiger partial charge in [-0.05, 0) is 46.9 Å². The van der Waals surface area contributed by atoms with Crippen LogP contribution in [0.25, 0.3) is 11.4 Å². The second-order valence-electron chi connectivity index (χ2n) is 3.86. The summed E-state index contributed by atoms with van der Waals surface area (Å²) in [6.07, 6.45) is 0. The van der Waals surface area contributed by atoms with E-state index in [0.717, 1.165) is 14.9 Å². The monoisotopic (exact) mass is 364 g/mol. The van der Waals surface area contributed by atoms with E-state index in [0.29, 0.717) is 0 Å². The molecule has 94 valence electrons. The first-order chi connectivity index (χ1) is 9.25. The van der Waals surface area contributed by atoms with E-state index in [1.807, 2.05) is 54.6 Å². The molecule has 0 fully saturated rings. The van der Waals surface area contributed by atoms with Crippen molar-refractivity contribution in [3.63, 3.8) is 0 Å². The van der Waals surface area contributed by atoms with Gasteiger partial charge in [-0.2, -0.15) is 0 Å². The zero-order valence-corrected chi connectivity index (χ0v) is 11.9. The average molecular weight is 364 g/mol. The summed E-state index contributed by atoms with van der Waals surface area (Å²) in [6, 6.07) is 16.5. The zero-order valence-electron chi connectivity index (χ0n) is 9.77. The molecule has 0 N–H and O–H groups in total. The van der Waals surface area contributed by atoms with Crippen LogP contribution in [-0.2, 0) is 0 Å². The number of hydrogen-bond acceptors (Lipinski definition) is 3. The predicted octanol–water partition coefficient (Wildman–Crippen LogP) is 1.22. The minimum absolute atomic E-state index is 0.395. The molecule has 0 aliphatic rings. The van der Waals surface area contributed by atoms with Crippen LogP contribution >= 0.6 is 22.6 Å². The molecule has 6 heteroatoms. The molecule has 0 radical (unpaired) electrons. The maximum absolute atomic E-state index is 11.9. The van der Waals surface area contributed by atoms with Crippen LogP contribution in [0.4, 0.5) is 0 Å². The van der Waals surface area contributed by atoms with Crippen molar-refractivity contribution in [3.8, 4) is 17.4 Å². The van der Waals surface area contributed by atoms with Crippen molar-refractivity contribution in [1.29, 1.82) is 0 Å². The van der Waals surface area contributed by atoms with E-state index in [1.54, 1.807) is 0 Å². The molecular formula is C13H9IN4O. The number of para-hydroxylation sites is 2. The predicted molar refractivity (Wildman–Crippen MR) is 75.1 cm³/mol. The minimum Gasteiger partial charge on any atom is -0.816 e. The van der Waals surface area contributed by atoms with Gasteiger partial charge in [0.2, 0.25) is 0 Å². The molecule has 1 aromatic heterocycles. The van der Waals surface area contributed by atoms with Crippen LogP contribution in [0.3, 0.4) is 0 Å². The highest BCUT2D eigenvalue weighted by molar-refractivity contribution is 14.1. The molecule has 0 bridgehead atoms. The first-order valence-corrected chi connectivity index (χ1v) is 6.70. The Bertz CT molecular complexity index is 712. The molecule has 0 spiro atoms. The van der Waals surface area contributed by atoms with Crippen LogP contribution in [0.15, 0.2) is 54.6 Å². The van der Waals surface area contributed by atoms with Crippen molar-refractivity contribution in [2.24, 2.45) is 0 Å². The molecule has 0 unspecified atom stereocenters. The fourth-order valence-electron chi connectivity index (χ4n) is 1.71. The molecule has 0 atom stereocenters. The molecule has 1 heterocycles. The Morgan fingerprint density at radius 3 is 2.42 bits per heavy atom. The lowest BCUT2D eigenvalue weighted by Crippen LogP contribution is -2.37. The van der Waals surface area contributed by atoms with Gasteiger partial charge < -0.3 is 5.11 Å². The Morgan fingerprint density at radius 1 is 1.00 bits per heavy atom. The molecule has 0 aliphatic heterocycles. The van der Waals surface area contributed by atoms with Gasteiger partial charge in [-0.25, -0.2) is 0 Å². The molecule has 19 heavy (non-hydrogen) atoms. The first-order valence-electron chi connectivity index (χ1n) is 5.63. The third-order valence-electron chi connectivity index (χ3n) is 2.60. The van der Waals surface area contributed by atoms with Gasteiger partial charge >= 0.3 is 0 Å².